The van der Waals surface area contributed by atoms with Crippen LogP contribution in [0.5, 0.6) is 5.75 Å². The Bertz CT molecular complexity index is 1420. The summed E-state index contributed by atoms with van der Waals surface area (Å²) in [7, 11) is 1.89. The zero-order chi connectivity index (χ0) is 21.5. The van der Waals surface area contributed by atoms with Gasteiger partial charge >= 0.3 is 5.97 Å². The molecule has 1 fully saturated rings. The Morgan fingerprint density at radius 1 is 1.42 bits per heavy atom. The molecule has 2 aliphatic heterocycles. The molecule has 1 aromatic carbocycles. The minimum absolute atomic E-state index is 0.0187. The lowest BCUT2D eigenvalue weighted by molar-refractivity contribution is 0.0697. The third-order valence-corrected chi connectivity index (χ3v) is 7.63. The molecule has 158 valence electrons. The molecular weight excluding hydrogens is 421 g/mol. The van der Waals surface area contributed by atoms with E-state index in [-0.39, 0.29) is 29.0 Å². The van der Waals surface area contributed by atoms with Crippen LogP contribution < -0.4 is 20.4 Å². The van der Waals surface area contributed by atoms with E-state index in [1.54, 1.807) is 9.78 Å². The summed E-state index contributed by atoms with van der Waals surface area (Å²) < 4.78 is 23.3. The summed E-state index contributed by atoms with van der Waals surface area (Å²) in [6.45, 7) is 1.30. The molecule has 0 saturated carbocycles. The fraction of sp³-hybridized carbons (Fsp3) is 0.273. The van der Waals surface area contributed by atoms with Crippen LogP contribution in [0.25, 0.3) is 15.7 Å². The van der Waals surface area contributed by atoms with Gasteiger partial charge in [0.2, 0.25) is 5.43 Å². The van der Waals surface area contributed by atoms with E-state index >= 15 is 4.39 Å². The first-order chi connectivity index (χ1) is 14.9. The Morgan fingerprint density at radius 3 is 3.00 bits per heavy atom. The number of hydrogen-bond acceptors (Lipinski definition) is 6. The molecule has 2 unspecified atom stereocenters. The molecule has 0 bridgehead atoms. The number of nitrogens with one attached hydrogen (secondary N) is 1. The smallest absolute Gasteiger partial charge is 0.342 e. The summed E-state index contributed by atoms with van der Waals surface area (Å²) in [6, 6.07) is 1.16. The normalized spacial score (nSPS) is 23.7. The molecule has 0 radical (unpaired) electrons. The van der Waals surface area contributed by atoms with Crippen LogP contribution in [0.4, 0.5) is 10.1 Å². The number of thiazole rings is 1. The van der Waals surface area contributed by atoms with E-state index in [1.165, 1.54) is 11.3 Å². The number of benzene rings is 1. The number of carbonyl (C=O) groups is 1. The van der Waals surface area contributed by atoms with Crippen LogP contribution in [0.3, 0.4) is 0 Å². The van der Waals surface area contributed by atoms with Crippen LogP contribution in [0.2, 0.25) is 0 Å². The van der Waals surface area contributed by atoms with Gasteiger partial charge in [-0.2, -0.15) is 0 Å². The van der Waals surface area contributed by atoms with Gasteiger partial charge in [-0.3, -0.25) is 9.20 Å². The Balaban J connectivity index is 1.65. The number of ether oxygens (including phenoxy) is 1. The van der Waals surface area contributed by atoms with E-state index in [1.807, 2.05) is 24.1 Å². The number of rotatable bonds is 3. The molecule has 2 aromatic heterocycles. The molecule has 9 heteroatoms. The zero-order valence-corrected chi connectivity index (χ0v) is 17.3. The average Bonchev–Trinajstić information content (AvgIpc) is 3.34. The fourth-order valence-corrected chi connectivity index (χ4v) is 6.16. The van der Waals surface area contributed by atoms with Crippen LogP contribution in [0.1, 0.15) is 16.1 Å². The number of carboxylic acid groups (broad SMARTS) is 1. The van der Waals surface area contributed by atoms with Crippen LogP contribution in [-0.4, -0.2) is 41.2 Å². The number of hydrogen-bond donors (Lipinski definition) is 2. The second-order valence-corrected chi connectivity index (χ2v) is 8.98. The Morgan fingerprint density at radius 2 is 2.26 bits per heavy atom. The molecule has 3 aliphatic rings. The maximum absolute atomic E-state index is 15.5. The maximum atomic E-state index is 15.5. The molecule has 2 N–H and O–H groups in total. The van der Waals surface area contributed by atoms with Gasteiger partial charge in [-0.15, -0.1) is 11.3 Å². The molecule has 6 rings (SSSR count). The molecule has 3 aromatic rings. The van der Waals surface area contributed by atoms with Gasteiger partial charge in [-0.1, -0.05) is 24.3 Å². The van der Waals surface area contributed by atoms with Crippen LogP contribution in [-0.2, 0) is 6.61 Å². The van der Waals surface area contributed by atoms with Gasteiger partial charge in [0.25, 0.3) is 0 Å². The summed E-state index contributed by atoms with van der Waals surface area (Å²) in [5, 5.41) is 14.8. The standard InChI is InChI=1S/C22H18FN3O4S/c1-24-22-5-3-2-4-11(22)7-25(10-22)17-14(23)6-13-16-19(17)30-8-12-9-31-20(26(12)16)15(18(13)27)21(28)29/h2-6,9,11,24H,7-8,10H2,1H3,(H,28,29). The summed E-state index contributed by atoms with van der Waals surface area (Å²) >= 11 is 1.18. The Hall–Kier alpha value is -3.17. The van der Waals surface area contributed by atoms with Crippen molar-refractivity contribution in [2.75, 3.05) is 25.0 Å². The number of fused-ring (bicyclic) bond motifs is 1. The number of aromatic nitrogens is 1. The third-order valence-electron chi connectivity index (χ3n) is 6.63. The lowest BCUT2D eigenvalue weighted by Crippen LogP contribution is -2.48. The van der Waals surface area contributed by atoms with E-state index in [2.05, 4.69) is 17.5 Å². The van der Waals surface area contributed by atoms with E-state index in [4.69, 9.17) is 4.74 Å². The quantitative estimate of drug-likeness (QED) is 0.653. The minimum atomic E-state index is -1.32. The molecule has 0 spiro atoms. The first-order valence-corrected chi connectivity index (χ1v) is 10.8. The van der Waals surface area contributed by atoms with Crippen molar-refractivity contribution in [2.45, 2.75) is 12.1 Å². The number of halogens is 1. The van der Waals surface area contributed by atoms with Crippen molar-refractivity contribution < 1.29 is 19.0 Å². The van der Waals surface area contributed by atoms with Gasteiger partial charge in [0.1, 0.15) is 28.2 Å². The van der Waals surface area contributed by atoms with Gasteiger partial charge in [0, 0.05) is 24.4 Å². The molecule has 7 nitrogen and oxygen atoms in total. The van der Waals surface area contributed by atoms with Crippen molar-refractivity contribution in [2.24, 2.45) is 5.92 Å². The third kappa shape index (κ3) is 2.30. The highest BCUT2D eigenvalue weighted by Crippen LogP contribution is 2.46. The first kappa shape index (κ1) is 18.6. The van der Waals surface area contributed by atoms with Gasteiger partial charge in [0.15, 0.2) is 11.6 Å². The van der Waals surface area contributed by atoms with Crippen molar-refractivity contribution in [3.05, 3.63) is 63.0 Å². The Labute approximate surface area is 179 Å². The number of anilines is 1. The number of aromatic carboxylic acids is 1. The van der Waals surface area contributed by atoms with Gasteiger partial charge in [-0.25, -0.2) is 9.18 Å². The maximum Gasteiger partial charge on any atom is 0.342 e. The van der Waals surface area contributed by atoms with Gasteiger partial charge in [0.05, 0.1) is 16.6 Å². The monoisotopic (exact) mass is 439 g/mol. The van der Waals surface area contributed by atoms with E-state index < -0.39 is 17.2 Å². The highest BCUT2D eigenvalue weighted by molar-refractivity contribution is 7.16. The number of pyridine rings is 1. The lowest BCUT2D eigenvalue weighted by atomic mass is 9.84. The van der Waals surface area contributed by atoms with Crippen molar-refractivity contribution in [1.82, 2.24) is 9.72 Å². The minimum Gasteiger partial charge on any atom is -0.483 e. The largest absolute Gasteiger partial charge is 0.483 e. The lowest BCUT2D eigenvalue weighted by Gasteiger charge is -2.32. The second kappa shape index (κ2) is 6.18. The van der Waals surface area contributed by atoms with Gasteiger partial charge < -0.3 is 20.1 Å². The van der Waals surface area contributed by atoms with Crippen molar-refractivity contribution in [3.63, 3.8) is 0 Å². The SMILES string of the molecule is CNC12C=CC=CC1CN(c1c(F)cc3c(=O)c(C(=O)O)c4scc5n4c3c1OC5)C2. The fourth-order valence-electron chi connectivity index (χ4n) is 5.12. The topological polar surface area (TPSA) is 83.3 Å². The summed E-state index contributed by atoms with van der Waals surface area (Å²) in [5.41, 5.74) is 0.144. The molecule has 2 atom stereocenters. The summed E-state index contributed by atoms with van der Waals surface area (Å²) in [6.07, 6.45) is 8.19. The zero-order valence-electron chi connectivity index (χ0n) is 16.5. The number of nitrogens with zero attached hydrogens (tertiary/aromatic N) is 2. The molecular formula is C22H18FN3O4S. The predicted molar refractivity (Wildman–Crippen MR) is 116 cm³/mol. The average molecular weight is 439 g/mol. The molecule has 1 aliphatic carbocycles. The molecule has 31 heavy (non-hydrogen) atoms. The van der Waals surface area contributed by atoms with Crippen LogP contribution >= 0.6 is 11.3 Å². The number of likely N-dealkylation sites (N-methyl/N-ethyl adjacent to an activating group) is 1. The number of carboxylic acids is 1. The molecule has 0 amide bonds. The predicted octanol–water partition coefficient (Wildman–Crippen LogP) is 2.76. The van der Waals surface area contributed by atoms with E-state index in [0.29, 0.717) is 34.9 Å². The van der Waals surface area contributed by atoms with Crippen LogP contribution in [0, 0.1) is 11.7 Å². The van der Waals surface area contributed by atoms with Crippen molar-refractivity contribution in [1.29, 1.82) is 0 Å². The highest BCUT2D eigenvalue weighted by Gasteiger charge is 2.45. The van der Waals surface area contributed by atoms with Gasteiger partial charge in [-0.05, 0) is 13.1 Å². The van der Waals surface area contributed by atoms with Crippen molar-refractivity contribution >= 4 is 38.7 Å². The first-order valence-electron chi connectivity index (χ1n) is 9.92. The van der Waals surface area contributed by atoms with E-state index in [9.17, 15) is 14.7 Å². The van der Waals surface area contributed by atoms with Crippen molar-refractivity contribution in [3.8, 4) is 5.75 Å². The molecule has 4 heterocycles. The highest BCUT2D eigenvalue weighted by atomic mass is 32.1. The Kier molecular flexibility index (Phi) is 3.70. The summed E-state index contributed by atoms with van der Waals surface area (Å²) in [4.78, 5) is 27.1. The second-order valence-electron chi connectivity index (χ2n) is 8.12. The van der Waals surface area contributed by atoms with Crippen LogP contribution in [0.15, 0.2) is 40.5 Å². The molecule has 1 saturated heterocycles. The van der Waals surface area contributed by atoms with E-state index in [0.717, 1.165) is 11.8 Å². The number of allylic oxidation sites excluding steroid dienone is 2. The summed E-state index contributed by atoms with van der Waals surface area (Å²) in [5.74, 6) is -1.46.